The Morgan fingerprint density at radius 2 is 1.93 bits per heavy atom. The lowest BCUT2D eigenvalue weighted by atomic mass is 10.1. The number of methoxy groups -OCH3 is 1. The number of piperazine rings is 1. The van der Waals surface area contributed by atoms with Gasteiger partial charge >= 0.3 is 0 Å². The van der Waals surface area contributed by atoms with Crippen LogP contribution in [0, 0.1) is 5.92 Å². The minimum absolute atomic E-state index is 0.0105. The number of para-hydroxylation sites is 1. The van der Waals surface area contributed by atoms with E-state index in [1.807, 2.05) is 29.2 Å². The first-order chi connectivity index (χ1) is 14.1. The van der Waals surface area contributed by atoms with E-state index in [2.05, 4.69) is 11.8 Å². The first kappa shape index (κ1) is 20.0. The van der Waals surface area contributed by atoms with Gasteiger partial charge in [0.15, 0.2) is 0 Å². The fourth-order valence-corrected chi connectivity index (χ4v) is 4.28. The lowest BCUT2D eigenvalue weighted by Gasteiger charge is -2.39. The molecular formula is C22H30N4O3. The molecular weight excluding hydrogens is 368 g/mol. The molecule has 7 nitrogen and oxygen atoms in total. The molecule has 1 saturated carbocycles. The molecule has 7 heteroatoms. The zero-order valence-electron chi connectivity index (χ0n) is 17.3. The second-order valence-electron chi connectivity index (χ2n) is 8.00. The van der Waals surface area contributed by atoms with E-state index >= 15 is 0 Å². The van der Waals surface area contributed by atoms with E-state index in [-0.39, 0.29) is 17.5 Å². The Bertz CT molecular complexity index is 929. The summed E-state index contributed by atoms with van der Waals surface area (Å²) in [5.41, 5.74) is 0.728. The first-order valence-electron chi connectivity index (χ1n) is 10.6. The summed E-state index contributed by atoms with van der Waals surface area (Å²) in [5.74, 6) is 1.39. The largest absolute Gasteiger partial charge is 0.383 e. The fraction of sp³-hybridized carbons (Fsp3) is 0.591. The number of nitrogens with zero attached hydrogens (tertiary/aromatic N) is 4. The average Bonchev–Trinajstić information content (AvgIpc) is 3.59. The highest BCUT2D eigenvalue weighted by Gasteiger charge is 2.36. The van der Waals surface area contributed by atoms with Crippen LogP contribution >= 0.6 is 0 Å². The minimum Gasteiger partial charge on any atom is -0.383 e. The van der Waals surface area contributed by atoms with Gasteiger partial charge in [0.1, 0.15) is 5.82 Å². The number of benzene rings is 1. The van der Waals surface area contributed by atoms with E-state index in [4.69, 9.17) is 9.72 Å². The predicted octanol–water partition coefficient (Wildman–Crippen LogP) is 2.05. The van der Waals surface area contributed by atoms with Gasteiger partial charge in [-0.25, -0.2) is 4.98 Å². The second kappa shape index (κ2) is 8.63. The molecule has 1 aliphatic carbocycles. The van der Waals surface area contributed by atoms with Crippen LogP contribution < -0.4 is 5.56 Å². The molecule has 4 rings (SSSR count). The van der Waals surface area contributed by atoms with Crippen LogP contribution in [-0.4, -0.2) is 65.2 Å². The molecule has 1 aliphatic heterocycles. The molecule has 156 valence electrons. The third kappa shape index (κ3) is 4.07. The van der Waals surface area contributed by atoms with E-state index in [1.165, 1.54) is 0 Å². The Morgan fingerprint density at radius 3 is 2.59 bits per heavy atom. The smallest absolute Gasteiger partial charge is 0.261 e. The van der Waals surface area contributed by atoms with Crippen molar-refractivity contribution in [2.75, 3.05) is 39.9 Å². The topological polar surface area (TPSA) is 67.7 Å². The molecule has 0 spiro atoms. The molecule has 2 aliphatic rings. The molecule has 1 aromatic heterocycles. The number of rotatable bonds is 7. The van der Waals surface area contributed by atoms with Gasteiger partial charge in [0, 0.05) is 39.2 Å². The van der Waals surface area contributed by atoms with Gasteiger partial charge in [0.2, 0.25) is 5.91 Å². The number of hydrogen-bond donors (Lipinski definition) is 0. The molecule has 2 fully saturated rings. The van der Waals surface area contributed by atoms with E-state index in [1.54, 1.807) is 11.7 Å². The van der Waals surface area contributed by atoms with Gasteiger partial charge in [-0.05, 0) is 31.4 Å². The number of carbonyl (C=O) groups excluding carboxylic acids is 1. The number of aromatic nitrogens is 2. The number of amides is 1. The van der Waals surface area contributed by atoms with E-state index < -0.39 is 0 Å². The Hall–Kier alpha value is -2.25. The summed E-state index contributed by atoms with van der Waals surface area (Å²) in [6.07, 6.45) is 2.95. The van der Waals surface area contributed by atoms with Crippen LogP contribution in [0.1, 0.15) is 38.1 Å². The van der Waals surface area contributed by atoms with Crippen molar-refractivity contribution in [3.05, 3.63) is 40.4 Å². The van der Waals surface area contributed by atoms with Crippen molar-refractivity contribution >= 4 is 16.8 Å². The molecule has 29 heavy (non-hydrogen) atoms. The summed E-state index contributed by atoms with van der Waals surface area (Å²) in [7, 11) is 1.65. The number of hydrogen-bond acceptors (Lipinski definition) is 5. The Kier molecular flexibility index (Phi) is 5.96. The Morgan fingerprint density at radius 1 is 1.21 bits per heavy atom. The maximum Gasteiger partial charge on any atom is 0.261 e. The summed E-state index contributed by atoms with van der Waals surface area (Å²) >= 11 is 0. The normalized spacial score (nSPS) is 18.9. The van der Waals surface area contributed by atoms with Crippen molar-refractivity contribution in [1.29, 1.82) is 0 Å². The number of carbonyl (C=O) groups is 1. The van der Waals surface area contributed by atoms with E-state index in [0.29, 0.717) is 24.4 Å². The van der Waals surface area contributed by atoms with Gasteiger partial charge in [-0.2, -0.15) is 0 Å². The number of fused-ring (bicyclic) bond motifs is 1. The third-order valence-electron chi connectivity index (χ3n) is 6.09. The van der Waals surface area contributed by atoms with Gasteiger partial charge in [-0.3, -0.25) is 19.1 Å². The highest BCUT2D eigenvalue weighted by atomic mass is 16.5. The maximum atomic E-state index is 13.2. The van der Waals surface area contributed by atoms with Crippen molar-refractivity contribution in [3.8, 4) is 0 Å². The first-order valence-corrected chi connectivity index (χ1v) is 10.6. The van der Waals surface area contributed by atoms with Crippen LogP contribution in [0.4, 0.5) is 0 Å². The van der Waals surface area contributed by atoms with Gasteiger partial charge in [0.25, 0.3) is 5.56 Å². The van der Waals surface area contributed by atoms with Crippen molar-refractivity contribution in [3.63, 3.8) is 0 Å². The van der Waals surface area contributed by atoms with Crippen molar-refractivity contribution in [2.45, 2.75) is 38.8 Å². The third-order valence-corrected chi connectivity index (χ3v) is 6.09. The zero-order valence-corrected chi connectivity index (χ0v) is 17.3. The number of ether oxygens (including phenoxy) is 1. The average molecular weight is 399 g/mol. The lowest BCUT2D eigenvalue weighted by Crippen LogP contribution is -2.50. The summed E-state index contributed by atoms with van der Waals surface area (Å²) in [6, 6.07) is 7.57. The molecule has 2 aromatic rings. The van der Waals surface area contributed by atoms with Crippen LogP contribution in [0.2, 0.25) is 0 Å². The summed E-state index contributed by atoms with van der Waals surface area (Å²) < 4.78 is 7.03. The molecule has 0 bridgehead atoms. The van der Waals surface area contributed by atoms with Crippen LogP contribution in [-0.2, 0) is 16.1 Å². The zero-order chi connectivity index (χ0) is 20.4. The summed E-state index contributed by atoms with van der Waals surface area (Å²) in [6.45, 7) is 6.21. The van der Waals surface area contributed by atoms with Gasteiger partial charge < -0.3 is 9.64 Å². The predicted molar refractivity (Wildman–Crippen MR) is 112 cm³/mol. The molecule has 1 unspecified atom stereocenters. The van der Waals surface area contributed by atoms with Crippen molar-refractivity contribution in [1.82, 2.24) is 19.4 Å². The van der Waals surface area contributed by atoms with Crippen LogP contribution in [0.25, 0.3) is 10.9 Å². The van der Waals surface area contributed by atoms with Gasteiger partial charge in [-0.1, -0.05) is 19.1 Å². The summed E-state index contributed by atoms with van der Waals surface area (Å²) in [4.78, 5) is 34.8. The molecule has 1 atom stereocenters. The van der Waals surface area contributed by atoms with E-state index in [0.717, 1.165) is 56.8 Å². The fourth-order valence-electron chi connectivity index (χ4n) is 4.28. The van der Waals surface area contributed by atoms with Gasteiger partial charge in [0.05, 0.1) is 30.1 Å². The second-order valence-corrected chi connectivity index (χ2v) is 8.00. The molecule has 2 heterocycles. The van der Waals surface area contributed by atoms with Crippen molar-refractivity contribution < 1.29 is 9.53 Å². The van der Waals surface area contributed by atoms with Gasteiger partial charge in [-0.15, -0.1) is 0 Å². The SMILES string of the molecule is CCC(c1nc2ccccc2c(=O)n1CCOC)N1CCN(C(=O)C2CC2)CC1. The molecule has 0 radical (unpaired) electrons. The molecule has 1 aromatic carbocycles. The standard InChI is InChI=1S/C22H30N4O3/c1-3-19(24-10-12-25(13-11-24)21(27)16-8-9-16)20-23-18-7-5-4-6-17(18)22(28)26(20)14-15-29-2/h4-7,16,19H,3,8-15H2,1-2H3. The summed E-state index contributed by atoms with van der Waals surface area (Å²) in [5, 5.41) is 0.641. The monoisotopic (exact) mass is 398 g/mol. The Balaban J connectivity index is 1.62. The van der Waals surface area contributed by atoms with Crippen LogP contribution in [0.3, 0.4) is 0 Å². The quantitative estimate of drug-likeness (QED) is 0.714. The lowest BCUT2D eigenvalue weighted by molar-refractivity contribution is -0.134. The molecule has 0 N–H and O–H groups in total. The molecule has 1 saturated heterocycles. The van der Waals surface area contributed by atoms with E-state index in [9.17, 15) is 9.59 Å². The Labute approximate surface area is 171 Å². The van der Waals surface area contributed by atoms with Crippen LogP contribution in [0.5, 0.6) is 0 Å². The highest BCUT2D eigenvalue weighted by Crippen LogP contribution is 2.32. The molecule has 1 amide bonds. The highest BCUT2D eigenvalue weighted by molar-refractivity contribution is 5.81. The van der Waals surface area contributed by atoms with Crippen molar-refractivity contribution in [2.24, 2.45) is 5.92 Å². The maximum absolute atomic E-state index is 13.2. The minimum atomic E-state index is -0.0105. The van der Waals surface area contributed by atoms with Crippen LogP contribution in [0.15, 0.2) is 29.1 Å².